The highest BCUT2D eigenvalue weighted by atomic mass is 32.2. The maximum atomic E-state index is 13.0. The molecule has 7 heteroatoms. The van der Waals surface area contributed by atoms with Crippen LogP contribution in [-0.2, 0) is 26.0 Å². The number of amides is 1. The van der Waals surface area contributed by atoms with Crippen LogP contribution in [0.4, 0.5) is 0 Å². The molecule has 0 bridgehead atoms. The van der Waals surface area contributed by atoms with Crippen molar-refractivity contribution in [1.29, 1.82) is 0 Å². The second-order valence-electron chi connectivity index (χ2n) is 9.11. The maximum absolute atomic E-state index is 13.0. The summed E-state index contributed by atoms with van der Waals surface area (Å²) in [6, 6.07) is 17.1. The highest BCUT2D eigenvalue weighted by Crippen LogP contribution is 2.26. The minimum Gasteiger partial charge on any atom is -0.367 e. The fraction of sp³-hybridized carbons (Fsp3) is 0.500. The van der Waals surface area contributed by atoms with Gasteiger partial charge in [-0.05, 0) is 49.4 Å². The summed E-state index contributed by atoms with van der Waals surface area (Å²) in [6.45, 7) is 4.34. The predicted octanol–water partition coefficient (Wildman–Crippen LogP) is 4.17. The number of morpholine rings is 1. The first-order valence-corrected chi connectivity index (χ1v) is 13.4. The Labute approximate surface area is 197 Å². The smallest absolute Gasteiger partial charge is 0.243 e. The summed E-state index contributed by atoms with van der Waals surface area (Å²) in [6.07, 6.45) is 4.88. The van der Waals surface area contributed by atoms with Crippen LogP contribution in [0.3, 0.4) is 0 Å². The van der Waals surface area contributed by atoms with Crippen LogP contribution >= 0.6 is 0 Å². The zero-order valence-corrected chi connectivity index (χ0v) is 20.2. The Kier molecular flexibility index (Phi) is 7.83. The zero-order valence-electron chi connectivity index (χ0n) is 19.4. The van der Waals surface area contributed by atoms with Crippen LogP contribution in [0, 0.1) is 0 Å². The average Bonchev–Trinajstić information content (AvgIpc) is 3.13. The molecule has 6 nitrogen and oxygen atoms in total. The first kappa shape index (κ1) is 23.9. The number of nitrogens with zero attached hydrogens (tertiary/aromatic N) is 2. The first-order valence-electron chi connectivity index (χ1n) is 12.0. The summed E-state index contributed by atoms with van der Waals surface area (Å²) in [5, 5.41) is 0. The number of rotatable bonds is 6. The zero-order chi connectivity index (χ0) is 23.3. The predicted molar refractivity (Wildman–Crippen MR) is 128 cm³/mol. The molecule has 0 saturated carbocycles. The molecule has 2 aromatic rings. The van der Waals surface area contributed by atoms with Crippen LogP contribution in [0.5, 0.6) is 0 Å². The van der Waals surface area contributed by atoms with E-state index in [1.165, 1.54) is 0 Å². The lowest BCUT2D eigenvalue weighted by molar-refractivity contribution is -0.144. The highest BCUT2D eigenvalue weighted by molar-refractivity contribution is 7.89. The molecule has 0 aromatic heterocycles. The van der Waals surface area contributed by atoms with Gasteiger partial charge in [0.05, 0.1) is 17.5 Å². The average molecular weight is 471 g/mol. The number of aryl methyl sites for hydroxylation is 1. The molecule has 2 saturated heterocycles. The van der Waals surface area contributed by atoms with E-state index in [9.17, 15) is 13.2 Å². The summed E-state index contributed by atoms with van der Waals surface area (Å²) < 4.78 is 33.6. The lowest BCUT2D eigenvalue weighted by atomic mass is 10.1. The Balaban J connectivity index is 1.34. The minimum absolute atomic E-state index is 0.0172. The number of hydrogen-bond acceptors (Lipinski definition) is 4. The fourth-order valence-electron chi connectivity index (χ4n) is 4.68. The van der Waals surface area contributed by atoms with Gasteiger partial charge < -0.3 is 9.64 Å². The molecule has 0 spiro atoms. The number of carbonyl (C=O) groups is 1. The van der Waals surface area contributed by atoms with Crippen molar-refractivity contribution in [2.24, 2.45) is 0 Å². The van der Waals surface area contributed by atoms with Gasteiger partial charge in [0.2, 0.25) is 15.9 Å². The Bertz CT molecular complexity index is 1020. The third kappa shape index (κ3) is 6.02. The van der Waals surface area contributed by atoms with Crippen molar-refractivity contribution in [3.05, 3.63) is 65.7 Å². The monoisotopic (exact) mass is 470 g/mol. The van der Waals surface area contributed by atoms with Crippen molar-refractivity contribution in [2.75, 3.05) is 26.2 Å². The standard InChI is InChI=1S/C26H34N2O4S/c1-21-19-27(20-25(32-21)23-9-5-4-6-10-23)26(29)16-13-22-11-14-24(15-12-22)33(30,31)28-17-7-2-3-8-18-28/h4-6,9-12,14-15,21,25H,2-3,7-8,13,16-20H2,1H3. The molecule has 33 heavy (non-hydrogen) atoms. The van der Waals surface area contributed by atoms with Crippen molar-refractivity contribution in [2.45, 2.75) is 62.6 Å². The topological polar surface area (TPSA) is 66.9 Å². The van der Waals surface area contributed by atoms with E-state index in [4.69, 9.17) is 4.74 Å². The van der Waals surface area contributed by atoms with E-state index < -0.39 is 10.0 Å². The molecule has 0 radical (unpaired) electrons. The molecular weight excluding hydrogens is 436 g/mol. The van der Waals surface area contributed by atoms with Gasteiger partial charge in [-0.1, -0.05) is 55.3 Å². The van der Waals surface area contributed by atoms with Gasteiger partial charge in [-0.25, -0.2) is 8.42 Å². The van der Waals surface area contributed by atoms with Gasteiger partial charge in [0, 0.05) is 26.1 Å². The highest BCUT2D eigenvalue weighted by Gasteiger charge is 2.29. The van der Waals surface area contributed by atoms with Crippen LogP contribution in [0.2, 0.25) is 0 Å². The molecule has 2 fully saturated rings. The van der Waals surface area contributed by atoms with E-state index in [0.29, 0.717) is 43.9 Å². The van der Waals surface area contributed by atoms with E-state index in [2.05, 4.69) is 0 Å². The van der Waals surface area contributed by atoms with Crippen molar-refractivity contribution in [3.63, 3.8) is 0 Å². The van der Waals surface area contributed by atoms with Gasteiger partial charge in [0.1, 0.15) is 6.10 Å². The van der Waals surface area contributed by atoms with Gasteiger partial charge in [0.15, 0.2) is 0 Å². The van der Waals surface area contributed by atoms with Crippen molar-refractivity contribution < 1.29 is 17.9 Å². The van der Waals surface area contributed by atoms with E-state index in [0.717, 1.165) is 36.8 Å². The number of benzene rings is 2. The van der Waals surface area contributed by atoms with Gasteiger partial charge in [0.25, 0.3) is 0 Å². The normalized spacial score (nSPS) is 22.6. The molecule has 2 aliphatic heterocycles. The number of ether oxygens (including phenoxy) is 1. The summed E-state index contributed by atoms with van der Waals surface area (Å²) in [7, 11) is -3.44. The van der Waals surface area contributed by atoms with E-state index in [1.54, 1.807) is 16.4 Å². The largest absolute Gasteiger partial charge is 0.367 e. The SMILES string of the molecule is CC1CN(C(=O)CCc2ccc(S(=O)(=O)N3CCCCCC3)cc2)CC(c2ccccc2)O1. The molecule has 2 aromatic carbocycles. The van der Waals surface area contributed by atoms with Crippen molar-refractivity contribution >= 4 is 15.9 Å². The number of carbonyl (C=O) groups excluding carboxylic acids is 1. The van der Waals surface area contributed by atoms with Crippen LogP contribution in [0.1, 0.15) is 56.3 Å². The van der Waals surface area contributed by atoms with Crippen LogP contribution in [0.25, 0.3) is 0 Å². The Morgan fingerprint density at radius 1 is 0.939 bits per heavy atom. The van der Waals surface area contributed by atoms with Crippen LogP contribution in [-0.4, -0.2) is 55.8 Å². The molecule has 2 unspecified atom stereocenters. The summed E-state index contributed by atoms with van der Waals surface area (Å²) in [5.74, 6) is 0.104. The molecule has 2 heterocycles. The van der Waals surface area contributed by atoms with Crippen molar-refractivity contribution in [1.82, 2.24) is 9.21 Å². The summed E-state index contributed by atoms with van der Waals surface area (Å²) >= 11 is 0. The molecule has 2 aliphatic rings. The number of hydrogen-bond donors (Lipinski definition) is 0. The van der Waals surface area contributed by atoms with Gasteiger partial charge in [-0.2, -0.15) is 4.31 Å². The summed E-state index contributed by atoms with van der Waals surface area (Å²) in [5.41, 5.74) is 2.06. The molecule has 0 aliphatic carbocycles. The van der Waals surface area contributed by atoms with Crippen molar-refractivity contribution in [3.8, 4) is 0 Å². The first-order chi connectivity index (χ1) is 15.9. The summed E-state index contributed by atoms with van der Waals surface area (Å²) in [4.78, 5) is 15.2. The van der Waals surface area contributed by atoms with Gasteiger partial charge >= 0.3 is 0 Å². The van der Waals surface area contributed by atoms with Gasteiger partial charge in [-0.15, -0.1) is 0 Å². The van der Waals surface area contributed by atoms with Crippen LogP contribution < -0.4 is 0 Å². The Morgan fingerprint density at radius 2 is 1.61 bits per heavy atom. The van der Waals surface area contributed by atoms with E-state index >= 15 is 0 Å². The molecule has 178 valence electrons. The third-order valence-electron chi connectivity index (χ3n) is 6.54. The molecule has 4 rings (SSSR count). The molecule has 2 atom stereocenters. The third-order valence-corrected chi connectivity index (χ3v) is 8.45. The van der Waals surface area contributed by atoms with Gasteiger partial charge in [-0.3, -0.25) is 4.79 Å². The maximum Gasteiger partial charge on any atom is 0.243 e. The number of sulfonamides is 1. The Morgan fingerprint density at radius 3 is 2.27 bits per heavy atom. The lowest BCUT2D eigenvalue weighted by Crippen LogP contribution is -2.46. The molecule has 1 amide bonds. The fourth-order valence-corrected chi connectivity index (χ4v) is 6.19. The van der Waals surface area contributed by atoms with E-state index in [-0.39, 0.29) is 18.1 Å². The quantitative estimate of drug-likeness (QED) is 0.636. The van der Waals surface area contributed by atoms with Crippen LogP contribution in [0.15, 0.2) is 59.5 Å². The minimum atomic E-state index is -3.44. The second-order valence-corrected chi connectivity index (χ2v) is 11.0. The molecule has 0 N–H and O–H groups in total. The Hall–Kier alpha value is -2.22. The molecular formula is C26H34N2O4S. The van der Waals surface area contributed by atoms with E-state index in [1.807, 2.05) is 54.3 Å². The second kappa shape index (κ2) is 10.8. The lowest BCUT2D eigenvalue weighted by Gasteiger charge is -2.37.